The smallest absolute Gasteiger partial charge is 0.325 e. The summed E-state index contributed by atoms with van der Waals surface area (Å²) < 4.78 is 0. The molecule has 104 valence electrons. The monoisotopic (exact) mass is 269 g/mol. The van der Waals surface area contributed by atoms with Crippen molar-refractivity contribution in [1.29, 1.82) is 0 Å². The number of hydrogen-bond donors (Lipinski definition) is 4. The second-order valence-corrected chi connectivity index (χ2v) is 4.27. The van der Waals surface area contributed by atoms with Gasteiger partial charge >= 0.3 is 11.7 Å². The van der Waals surface area contributed by atoms with Crippen LogP contribution in [0.3, 0.4) is 0 Å². The number of hydrogen-bond acceptors (Lipinski definition) is 4. The minimum absolute atomic E-state index is 0.168. The number of carbonyl (C=O) groups excluding carboxylic acids is 1. The van der Waals surface area contributed by atoms with Crippen LogP contribution in [0.4, 0.5) is 0 Å². The summed E-state index contributed by atoms with van der Waals surface area (Å²) in [5.74, 6) is -2.22. The van der Waals surface area contributed by atoms with E-state index in [4.69, 9.17) is 5.11 Å². The summed E-state index contributed by atoms with van der Waals surface area (Å²) in [4.78, 5) is 48.7. The van der Waals surface area contributed by atoms with Crippen LogP contribution in [0.5, 0.6) is 0 Å². The lowest BCUT2D eigenvalue weighted by atomic mass is 10.0. The fourth-order valence-electron chi connectivity index (χ4n) is 1.43. The first kappa shape index (κ1) is 14.7. The van der Waals surface area contributed by atoms with Crippen molar-refractivity contribution in [3.63, 3.8) is 0 Å². The Balaban J connectivity index is 2.68. The molecule has 4 N–H and O–H groups in total. The van der Waals surface area contributed by atoms with Gasteiger partial charge in [0.15, 0.2) is 0 Å². The summed E-state index contributed by atoms with van der Waals surface area (Å²) in [5, 5.41) is 11.3. The zero-order valence-corrected chi connectivity index (χ0v) is 10.5. The molecule has 0 saturated carbocycles. The van der Waals surface area contributed by atoms with Crippen molar-refractivity contribution in [3.8, 4) is 0 Å². The molecule has 0 saturated heterocycles. The highest BCUT2D eigenvalue weighted by atomic mass is 16.4. The minimum atomic E-state index is -1.02. The molecule has 19 heavy (non-hydrogen) atoms. The van der Waals surface area contributed by atoms with E-state index in [1.807, 2.05) is 4.98 Å². The zero-order chi connectivity index (χ0) is 14.6. The molecule has 0 spiro atoms. The molecule has 1 rings (SSSR count). The van der Waals surface area contributed by atoms with E-state index in [2.05, 4.69) is 10.3 Å². The average Bonchev–Trinajstić information content (AvgIpc) is 2.25. The van der Waals surface area contributed by atoms with E-state index in [9.17, 15) is 19.2 Å². The lowest BCUT2D eigenvalue weighted by Crippen LogP contribution is -2.41. The van der Waals surface area contributed by atoms with Crippen LogP contribution < -0.4 is 16.6 Å². The highest BCUT2D eigenvalue weighted by Crippen LogP contribution is 2.02. The van der Waals surface area contributed by atoms with Crippen LogP contribution in [-0.2, 0) is 16.0 Å². The number of rotatable bonds is 5. The van der Waals surface area contributed by atoms with Crippen LogP contribution >= 0.6 is 0 Å². The van der Waals surface area contributed by atoms with E-state index in [1.54, 1.807) is 6.92 Å². The summed E-state index contributed by atoms with van der Waals surface area (Å²) in [6, 6.07) is 0.547. The van der Waals surface area contributed by atoms with Crippen molar-refractivity contribution >= 4 is 11.9 Å². The Morgan fingerprint density at radius 3 is 2.47 bits per heavy atom. The summed E-state index contributed by atoms with van der Waals surface area (Å²) in [7, 11) is 0. The number of carboxylic acids is 1. The maximum absolute atomic E-state index is 11.6. The van der Waals surface area contributed by atoms with Crippen LogP contribution in [0.15, 0.2) is 15.7 Å². The number of carbonyl (C=O) groups is 2. The third-order valence-electron chi connectivity index (χ3n) is 2.70. The van der Waals surface area contributed by atoms with Crippen LogP contribution in [0.1, 0.15) is 19.5 Å². The van der Waals surface area contributed by atoms with Crippen molar-refractivity contribution in [3.05, 3.63) is 32.6 Å². The fourth-order valence-corrected chi connectivity index (χ4v) is 1.43. The van der Waals surface area contributed by atoms with Crippen molar-refractivity contribution in [2.45, 2.75) is 26.3 Å². The van der Waals surface area contributed by atoms with E-state index in [0.717, 1.165) is 6.07 Å². The fraction of sp³-hybridized carbons (Fsp3) is 0.455. The zero-order valence-electron chi connectivity index (χ0n) is 10.5. The van der Waals surface area contributed by atoms with Gasteiger partial charge in [-0.05, 0) is 13.8 Å². The molecule has 0 aromatic carbocycles. The molecule has 0 bridgehead atoms. The maximum atomic E-state index is 11.6. The Kier molecular flexibility index (Phi) is 4.62. The summed E-state index contributed by atoms with van der Waals surface area (Å²) in [5.41, 5.74) is -1.12. The van der Waals surface area contributed by atoms with E-state index < -0.39 is 35.1 Å². The Labute approximate surface area is 107 Å². The molecule has 1 aromatic heterocycles. The standard InChI is InChI=1S/C11H15N3O5/c1-5(10(17)18)6(2)12-8(15)3-7-4-9(16)14-11(19)13-7/h4-6H,3H2,1-2H3,(H,12,15)(H,17,18)(H2,13,14,16,19). The van der Waals surface area contributed by atoms with Crippen molar-refractivity contribution in [2.75, 3.05) is 0 Å². The van der Waals surface area contributed by atoms with Gasteiger partial charge in [0, 0.05) is 17.8 Å². The van der Waals surface area contributed by atoms with Gasteiger partial charge < -0.3 is 15.4 Å². The molecule has 2 atom stereocenters. The van der Waals surface area contributed by atoms with Crippen molar-refractivity contribution < 1.29 is 14.7 Å². The SMILES string of the molecule is CC(NC(=O)Cc1cc(=O)[nH]c(=O)[nH]1)C(C)C(=O)O. The van der Waals surface area contributed by atoms with Gasteiger partial charge in [-0.25, -0.2) is 4.79 Å². The number of nitrogens with one attached hydrogen (secondary N) is 3. The van der Waals surface area contributed by atoms with Crippen LogP contribution in [0, 0.1) is 5.92 Å². The molecule has 0 aliphatic heterocycles. The first-order chi connectivity index (χ1) is 8.79. The normalized spacial score (nSPS) is 13.6. The van der Waals surface area contributed by atoms with Gasteiger partial charge in [-0.3, -0.25) is 19.4 Å². The molecule has 0 aliphatic carbocycles. The van der Waals surface area contributed by atoms with E-state index in [1.165, 1.54) is 6.92 Å². The lowest BCUT2D eigenvalue weighted by Gasteiger charge is -2.17. The first-order valence-corrected chi connectivity index (χ1v) is 5.64. The number of aromatic amines is 2. The average molecular weight is 269 g/mol. The summed E-state index contributed by atoms with van der Waals surface area (Å²) >= 11 is 0. The quantitative estimate of drug-likeness (QED) is 0.534. The molecule has 0 aliphatic rings. The van der Waals surface area contributed by atoms with Crippen molar-refractivity contribution in [2.24, 2.45) is 5.92 Å². The van der Waals surface area contributed by atoms with Gasteiger partial charge in [-0.2, -0.15) is 0 Å². The predicted octanol–water partition coefficient (Wildman–Crippen LogP) is -1.17. The molecule has 0 radical (unpaired) electrons. The molecule has 1 heterocycles. The number of aromatic nitrogens is 2. The first-order valence-electron chi connectivity index (χ1n) is 5.64. The molecule has 1 amide bonds. The Morgan fingerprint density at radius 2 is 1.95 bits per heavy atom. The number of H-pyrrole nitrogens is 2. The molecule has 0 fully saturated rings. The van der Waals surface area contributed by atoms with Gasteiger partial charge in [0.1, 0.15) is 0 Å². The van der Waals surface area contributed by atoms with E-state index in [0.29, 0.717) is 0 Å². The number of aliphatic carboxylic acids is 1. The topological polar surface area (TPSA) is 132 Å². The maximum Gasteiger partial charge on any atom is 0.325 e. The van der Waals surface area contributed by atoms with Gasteiger partial charge in [-0.15, -0.1) is 0 Å². The highest BCUT2D eigenvalue weighted by Gasteiger charge is 2.21. The molecule has 1 aromatic rings. The largest absolute Gasteiger partial charge is 0.481 e. The van der Waals surface area contributed by atoms with Crippen LogP contribution in [0.2, 0.25) is 0 Å². The third-order valence-corrected chi connectivity index (χ3v) is 2.70. The summed E-state index contributed by atoms with van der Waals surface area (Å²) in [6.45, 7) is 3.04. The van der Waals surface area contributed by atoms with Gasteiger partial charge in [0.25, 0.3) is 5.56 Å². The second-order valence-electron chi connectivity index (χ2n) is 4.27. The molecule has 8 heteroatoms. The van der Waals surface area contributed by atoms with Gasteiger partial charge in [0.05, 0.1) is 12.3 Å². The highest BCUT2D eigenvalue weighted by molar-refractivity contribution is 5.79. The molecule has 8 nitrogen and oxygen atoms in total. The molecular formula is C11H15N3O5. The van der Waals surface area contributed by atoms with Gasteiger partial charge in [-0.1, -0.05) is 0 Å². The van der Waals surface area contributed by atoms with Gasteiger partial charge in [0.2, 0.25) is 5.91 Å². The second kappa shape index (κ2) is 5.98. The van der Waals surface area contributed by atoms with E-state index in [-0.39, 0.29) is 12.1 Å². The Hall–Kier alpha value is -2.38. The van der Waals surface area contributed by atoms with Crippen LogP contribution in [-0.4, -0.2) is 33.0 Å². The lowest BCUT2D eigenvalue weighted by molar-refractivity contribution is -0.142. The van der Waals surface area contributed by atoms with Crippen molar-refractivity contribution in [1.82, 2.24) is 15.3 Å². The third kappa shape index (κ3) is 4.41. The van der Waals surface area contributed by atoms with Crippen LogP contribution in [0.25, 0.3) is 0 Å². The summed E-state index contributed by atoms with van der Waals surface area (Å²) in [6.07, 6.45) is -0.199. The Bertz CT molecular complexity index is 560. The van der Waals surface area contributed by atoms with E-state index >= 15 is 0 Å². The molecular weight excluding hydrogens is 254 g/mol. The Morgan fingerprint density at radius 1 is 1.32 bits per heavy atom. The predicted molar refractivity (Wildman–Crippen MR) is 65.8 cm³/mol. The number of carboxylic acid groups (broad SMARTS) is 1. The minimum Gasteiger partial charge on any atom is -0.481 e. The molecule has 2 unspecified atom stereocenters. The number of amides is 1.